The van der Waals surface area contributed by atoms with Gasteiger partial charge in [-0.1, -0.05) is 17.3 Å². The molecule has 0 unspecified atom stereocenters. The van der Waals surface area contributed by atoms with E-state index >= 15 is 0 Å². The number of benzene rings is 1. The van der Waals surface area contributed by atoms with Gasteiger partial charge in [0.05, 0.1) is 9.88 Å². The SMILES string of the molecule is O=C(Nc1cccc(-c2cnc(C3CC3)s2)c1)C1CCC(c2nn[nH]n2)CC1. The number of hydrogen-bond donors (Lipinski definition) is 2. The van der Waals surface area contributed by atoms with E-state index in [0.717, 1.165) is 42.8 Å². The van der Waals surface area contributed by atoms with E-state index in [1.165, 1.54) is 22.7 Å². The van der Waals surface area contributed by atoms with Crippen LogP contribution in [0.2, 0.25) is 0 Å². The number of thiazole rings is 1. The van der Waals surface area contributed by atoms with Crippen LogP contribution < -0.4 is 5.32 Å². The van der Waals surface area contributed by atoms with Crippen molar-refractivity contribution >= 4 is 22.9 Å². The first-order valence-corrected chi connectivity index (χ1v) is 10.7. The minimum atomic E-state index is 0.0386. The number of rotatable bonds is 5. The fraction of sp³-hybridized carbons (Fsp3) is 0.450. The predicted molar refractivity (Wildman–Crippen MR) is 107 cm³/mol. The van der Waals surface area contributed by atoms with Gasteiger partial charge in [-0.15, -0.1) is 21.5 Å². The number of nitrogens with zero attached hydrogens (tertiary/aromatic N) is 4. The Kier molecular flexibility index (Phi) is 4.64. The molecule has 2 aliphatic carbocycles. The number of amides is 1. The van der Waals surface area contributed by atoms with Crippen LogP contribution in [0.15, 0.2) is 30.5 Å². The molecule has 8 heteroatoms. The highest BCUT2D eigenvalue weighted by Crippen LogP contribution is 2.43. The van der Waals surface area contributed by atoms with Gasteiger partial charge in [-0.25, -0.2) is 4.98 Å². The summed E-state index contributed by atoms with van der Waals surface area (Å²) in [6.07, 6.45) is 8.02. The lowest BCUT2D eigenvalue weighted by Gasteiger charge is -2.25. The van der Waals surface area contributed by atoms with E-state index in [-0.39, 0.29) is 11.8 Å². The van der Waals surface area contributed by atoms with Gasteiger partial charge in [0.1, 0.15) is 0 Å². The second-order valence-corrected chi connectivity index (χ2v) is 8.79. The lowest BCUT2D eigenvalue weighted by molar-refractivity contribution is -0.120. The summed E-state index contributed by atoms with van der Waals surface area (Å²) in [7, 11) is 0. The molecule has 5 rings (SSSR count). The molecule has 2 aromatic heterocycles. The van der Waals surface area contributed by atoms with Crippen molar-refractivity contribution in [3.05, 3.63) is 41.3 Å². The number of H-pyrrole nitrogens is 1. The number of tetrazole rings is 1. The van der Waals surface area contributed by atoms with Crippen LogP contribution in [0.3, 0.4) is 0 Å². The molecule has 1 aromatic carbocycles. The average molecular weight is 395 g/mol. The number of aromatic nitrogens is 5. The maximum Gasteiger partial charge on any atom is 0.227 e. The van der Waals surface area contributed by atoms with Crippen molar-refractivity contribution in [1.82, 2.24) is 25.6 Å². The molecule has 2 saturated carbocycles. The molecule has 7 nitrogen and oxygen atoms in total. The third-order valence-corrected chi connectivity index (χ3v) is 6.90. The average Bonchev–Trinajstić information content (AvgIpc) is 3.22. The molecule has 0 saturated heterocycles. The van der Waals surface area contributed by atoms with Crippen LogP contribution in [0.4, 0.5) is 5.69 Å². The number of carbonyl (C=O) groups is 1. The minimum absolute atomic E-state index is 0.0386. The molecule has 0 spiro atoms. The Labute approximate surface area is 167 Å². The largest absolute Gasteiger partial charge is 0.326 e. The molecule has 144 valence electrons. The highest BCUT2D eigenvalue weighted by molar-refractivity contribution is 7.15. The van der Waals surface area contributed by atoms with E-state index in [4.69, 9.17) is 0 Å². The van der Waals surface area contributed by atoms with Crippen molar-refractivity contribution in [1.29, 1.82) is 0 Å². The molecule has 0 atom stereocenters. The zero-order valence-corrected chi connectivity index (χ0v) is 16.3. The molecule has 2 N–H and O–H groups in total. The first-order chi connectivity index (χ1) is 13.8. The molecular formula is C20H22N6OS. The summed E-state index contributed by atoms with van der Waals surface area (Å²) >= 11 is 1.77. The van der Waals surface area contributed by atoms with Crippen LogP contribution in [0.25, 0.3) is 10.4 Å². The quantitative estimate of drug-likeness (QED) is 0.679. The molecule has 0 bridgehead atoms. The second kappa shape index (κ2) is 7.43. The van der Waals surface area contributed by atoms with E-state index in [2.05, 4.69) is 37.0 Å². The summed E-state index contributed by atoms with van der Waals surface area (Å²) < 4.78 is 0. The zero-order valence-electron chi connectivity index (χ0n) is 15.5. The highest BCUT2D eigenvalue weighted by Gasteiger charge is 2.29. The topological polar surface area (TPSA) is 96.5 Å². The Hall–Kier alpha value is -2.61. The first-order valence-electron chi connectivity index (χ1n) is 9.86. The molecule has 2 aliphatic rings. The highest BCUT2D eigenvalue weighted by atomic mass is 32.1. The van der Waals surface area contributed by atoms with E-state index in [0.29, 0.717) is 11.8 Å². The third-order valence-electron chi connectivity index (χ3n) is 5.69. The molecule has 0 aliphatic heterocycles. The van der Waals surface area contributed by atoms with Gasteiger partial charge < -0.3 is 5.32 Å². The molecule has 0 radical (unpaired) electrons. The summed E-state index contributed by atoms with van der Waals surface area (Å²) in [6.45, 7) is 0. The molecule has 2 fully saturated rings. The normalized spacial score (nSPS) is 22.1. The number of aromatic amines is 1. The fourth-order valence-corrected chi connectivity index (χ4v) is 4.97. The predicted octanol–water partition coefficient (Wildman–Crippen LogP) is 4.11. The maximum atomic E-state index is 12.7. The molecule has 2 heterocycles. The summed E-state index contributed by atoms with van der Waals surface area (Å²) in [5.41, 5.74) is 1.96. The molecule has 28 heavy (non-hydrogen) atoms. The summed E-state index contributed by atoms with van der Waals surface area (Å²) in [6, 6.07) is 8.08. The van der Waals surface area contributed by atoms with Gasteiger partial charge in [0.15, 0.2) is 5.82 Å². The lowest BCUT2D eigenvalue weighted by atomic mass is 9.81. The van der Waals surface area contributed by atoms with Crippen molar-refractivity contribution in [3.8, 4) is 10.4 Å². The van der Waals surface area contributed by atoms with Crippen LogP contribution in [-0.4, -0.2) is 31.5 Å². The van der Waals surface area contributed by atoms with E-state index in [1.54, 1.807) is 11.3 Å². The zero-order chi connectivity index (χ0) is 18.9. The molecule has 1 amide bonds. The molecular weight excluding hydrogens is 372 g/mol. The van der Waals surface area contributed by atoms with Gasteiger partial charge in [0, 0.05) is 29.6 Å². The number of anilines is 1. The van der Waals surface area contributed by atoms with E-state index in [1.807, 2.05) is 24.4 Å². The summed E-state index contributed by atoms with van der Waals surface area (Å²) in [5, 5.41) is 18.7. The van der Waals surface area contributed by atoms with Crippen molar-refractivity contribution in [2.24, 2.45) is 5.92 Å². The Morgan fingerprint density at radius 2 is 1.93 bits per heavy atom. The van der Waals surface area contributed by atoms with Crippen molar-refractivity contribution < 1.29 is 4.79 Å². The van der Waals surface area contributed by atoms with E-state index in [9.17, 15) is 4.79 Å². The van der Waals surface area contributed by atoms with Crippen LogP contribution in [0.1, 0.15) is 61.2 Å². The number of hydrogen-bond acceptors (Lipinski definition) is 6. The Balaban J connectivity index is 1.21. The van der Waals surface area contributed by atoms with Gasteiger partial charge in [-0.2, -0.15) is 5.21 Å². The number of carbonyl (C=O) groups excluding carboxylic acids is 1. The standard InChI is InChI=1S/C20H22N6OS/c27-19(13-6-4-12(5-7-13)18-23-25-26-24-18)22-16-3-1-2-15(10-16)17-11-21-20(28-17)14-8-9-14/h1-3,10-14H,4-9H2,(H,22,27)(H,23,24,25,26). The van der Waals surface area contributed by atoms with Crippen molar-refractivity contribution in [3.63, 3.8) is 0 Å². The van der Waals surface area contributed by atoms with Gasteiger partial charge >= 0.3 is 0 Å². The molecule has 3 aromatic rings. The Bertz CT molecular complexity index is 957. The van der Waals surface area contributed by atoms with Crippen LogP contribution >= 0.6 is 11.3 Å². The van der Waals surface area contributed by atoms with Crippen LogP contribution in [0, 0.1) is 5.92 Å². The maximum absolute atomic E-state index is 12.7. The van der Waals surface area contributed by atoms with Gasteiger partial charge in [0.25, 0.3) is 0 Å². The minimum Gasteiger partial charge on any atom is -0.326 e. The van der Waals surface area contributed by atoms with Crippen molar-refractivity contribution in [2.45, 2.75) is 50.4 Å². The summed E-state index contributed by atoms with van der Waals surface area (Å²) in [5.74, 6) is 1.88. The van der Waals surface area contributed by atoms with Gasteiger partial charge in [0.2, 0.25) is 5.91 Å². The third kappa shape index (κ3) is 3.69. The van der Waals surface area contributed by atoms with E-state index < -0.39 is 0 Å². The van der Waals surface area contributed by atoms with Crippen molar-refractivity contribution in [2.75, 3.05) is 5.32 Å². The summed E-state index contributed by atoms with van der Waals surface area (Å²) in [4.78, 5) is 18.5. The van der Waals surface area contributed by atoms with Gasteiger partial charge in [-0.3, -0.25) is 4.79 Å². The number of nitrogens with one attached hydrogen (secondary N) is 2. The Morgan fingerprint density at radius 3 is 2.68 bits per heavy atom. The first kappa shape index (κ1) is 17.5. The second-order valence-electron chi connectivity index (χ2n) is 7.73. The lowest BCUT2D eigenvalue weighted by Crippen LogP contribution is -2.27. The monoisotopic (exact) mass is 394 g/mol. The fourth-order valence-electron chi connectivity index (χ4n) is 3.89. The van der Waals surface area contributed by atoms with Crippen LogP contribution in [-0.2, 0) is 4.79 Å². The van der Waals surface area contributed by atoms with Gasteiger partial charge in [-0.05, 0) is 56.2 Å². The smallest absolute Gasteiger partial charge is 0.227 e. The Morgan fingerprint density at radius 1 is 1.11 bits per heavy atom. The van der Waals surface area contributed by atoms with Crippen LogP contribution in [0.5, 0.6) is 0 Å².